The number of anilines is 1. The summed E-state index contributed by atoms with van der Waals surface area (Å²) < 4.78 is 15.5. The predicted octanol–water partition coefficient (Wildman–Crippen LogP) is 5.94. The van der Waals surface area contributed by atoms with Crippen molar-refractivity contribution in [3.05, 3.63) is 113 Å². The van der Waals surface area contributed by atoms with E-state index in [2.05, 4.69) is 76.2 Å². The van der Waals surface area contributed by atoms with Crippen molar-refractivity contribution in [2.45, 2.75) is 39.3 Å². The summed E-state index contributed by atoms with van der Waals surface area (Å²) in [6.45, 7) is 6.74. The molecule has 38 heavy (non-hydrogen) atoms. The lowest BCUT2D eigenvalue weighted by molar-refractivity contribution is -0.116. The Bertz CT molecular complexity index is 1470. The summed E-state index contributed by atoms with van der Waals surface area (Å²) in [4.78, 5) is 19.5. The maximum Gasteiger partial charge on any atom is 0.226 e. The summed E-state index contributed by atoms with van der Waals surface area (Å²) in [7, 11) is 0. The molecule has 2 aromatic carbocycles. The molecule has 1 saturated heterocycles. The number of amides is 1. The smallest absolute Gasteiger partial charge is 0.226 e. The number of thiocarbonyl (C=S) groups is 1. The summed E-state index contributed by atoms with van der Waals surface area (Å²) in [6, 6.07) is 22.0. The Morgan fingerprint density at radius 3 is 2.55 bits per heavy atom. The number of carbonyl (C=O) groups is 1. The third-order valence-corrected chi connectivity index (χ3v) is 7.31. The van der Waals surface area contributed by atoms with Gasteiger partial charge in [0.05, 0.1) is 17.8 Å². The number of nitrogens with one attached hydrogen (secondary N) is 2. The second kappa shape index (κ2) is 10.8. The molecule has 0 radical (unpaired) electrons. The largest absolute Gasteiger partial charge is 0.352 e. The van der Waals surface area contributed by atoms with Crippen LogP contribution in [0.5, 0.6) is 0 Å². The maximum absolute atomic E-state index is 13.2. The van der Waals surface area contributed by atoms with Gasteiger partial charge in [-0.2, -0.15) is 0 Å². The lowest BCUT2D eigenvalue weighted by Crippen LogP contribution is -2.32. The Labute approximate surface area is 227 Å². The molecule has 6 nitrogen and oxygen atoms in total. The molecule has 5 rings (SSSR count). The molecule has 0 aliphatic carbocycles. The first-order valence-corrected chi connectivity index (χ1v) is 13.0. The van der Waals surface area contributed by atoms with E-state index < -0.39 is 0 Å². The van der Waals surface area contributed by atoms with Crippen LogP contribution in [0.3, 0.4) is 0 Å². The molecular formula is C30H30FN5OS. The molecule has 1 amide bonds. The first kappa shape index (κ1) is 25.6. The van der Waals surface area contributed by atoms with Crippen LogP contribution in [0.1, 0.15) is 46.7 Å². The highest BCUT2D eigenvalue weighted by atomic mass is 32.1. The SMILES string of the molecule is Cc1cccc(-n2c(C)cc([C@@H]3[C@@H](c4ccccn4)NC(=S)N3CCC(=O)Nc3ccc(F)cc3)c2C)c1. The van der Waals surface area contributed by atoms with Gasteiger partial charge >= 0.3 is 0 Å². The highest BCUT2D eigenvalue weighted by molar-refractivity contribution is 7.80. The molecule has 0 bridgehead atoms. The average molecular weight is 528 g/mol. The van der Waals surface area contributed by atoms with E-state index in [0.29, 0.717) is 17.3 Å². The monoisotopic (exact) mass is 527 g/mol. The van der Waals surface area contributed by atoms with Crippen LogP contribution in [0.4, 0.5) is 10.1 Å². The second-order valence-corrected chi connectivity index (χ2v) is 10.0. The molecule has 2 N–H and O–H groups in total. The van der Waals surface area contributed by atoms with Gasteiger partial charge in [-0.25, -0.2) is 4.39 Å². The fourth-order valence-corrected chi connectivity index (χ4v) is 5.55. The number of hydrogen-bond acceptors (Lipinski definition) is 3. The first-order valence-electron chi connectivity index (χ1n) is 12.6. The van der Waals surface area contributed by atoms with Crippen LogP contribution < -0.4 is 10.6 Å². The summed E-state index contributed by atoms with van der Waals surface area (Å²) in [6.07, 6.45) is 2.01. The molecule has 194 valence electrons. The fourth-order valence-electron chi connectivity index (χ4n) is 5.21. The molecule has 3 heterocycles. The van der Waals surface area contributed by atoms with Gasteiger partial charge in [-0.15, -0.1) is 0 Å². The number of nitrogens with zero attached hydrogens (tertiary/aromatic N) is 3. The van der Waals surface area contributed by atoms with Crippen molar-refractivity contribution in [1.82, 2.24) is 19.8 Å². The Hall–Kier alpha value is -4.04. The van der Waals surface area contributed by atoms with Gasteiger partial charge in [0.15, 0.2) is 5.11 Å². The second-order valence-electron chi connectivity index (χ2n) is 9.63. The minimum absolute atomic E-state index is 0.152. The minimum atomic E-state index is -0.344. The number of aromatic nitrogens is 2. The van der Waals surface area contributed by atoms with E-state index in [-0.39, 0.29) is 30.2 Å². The lowest BCUT2D eigenvalue weighted by Gasteiger charge is -2.28. The number of benzene rings is 2. The molecule has 0 saturated carbocycles. The number of pyridine rings is 1. The molecular weight excluding hydrogens is 497 g/mol. The number of halogens is 1. The first-order chi connectivity index (χ1) is 18.3. The van der Waals surface area contributed by atoms with E-state index in [4.69, 9.17) is 12.2 Å². The average Bonchev–Trinajstić information content (AvgIpc) is 3.39. The highest BCUT2D eigenvalue weighted by Gasteiger charge is 2.41. The minimum Gasteiger partial charge on any atom is -0.352 e. The standard InChI is InChI=1S/C30H30FN5OS/c1-19-7-6-8-24(17-19)36-20(2)18-25(21(36)3)29-28(26-9-4-5-15-32-26)34-30(38)35(29)16-14-27(37)33-23-12-10-22(31)11-13-23/h4-13,15,17-18,28-29H,14,16H2,1-3H3,(H,33,37)(H,34,38)/t28-,29-/m1/s1. The van der Waals surface area contributed by atoms with Crippen LogP contribution in [-0.4, -0.2) is 32.0 Å². The molecule has 0 spiro atoms. The number of hydrogen-bond donors (Lipinski definition) is 2. The van der Waals surface area contributed by atoms with Crippen LogP contribution in [0.15, 0.2) is 79.0 Å². The fraction of sp³-hybridized carbons (Fsp3) is 0.233. The Balaban J connectivity index is 1.46. The molecule has 0 unspecified atom stereocenters. The Morgan fingerprint density at radius 2 is 1.84 bits per heavy atom. The zero-order valence-electron chi connectivity index (χ0n) is 21.6. The van der Waals surface area contributed by atoms with Crippen molar-refractivity contribution < 1.29 is 9.18 Å². The Kier molecular flexibility index (Phi) is 7.24. The zero-order chi connectivity index (χ0) is 26.8. The number of rotatable bonds is 7. The van der Waals surface area contributed by atoms with Crippen molar-refractivity contribution in [2.24, 2.45) is 0 Å². The van der Waals surface area contributed by atoms with Gasteiger partial charge in [-0.05, 0) is 98.7 Å². The van der Waals surface area contributed by atoms with Gasteiger partial charge < -0.3 is 20.1 Å². The number of carbonyl (C=O) groups excluding carboxylic acids is 1. The van der Waals surface area contributed by atoms with E-state index in [9.17, 15) is 9.18 Å². The van der Waals surface area contributed by atoms with Crippen molar-refractivity contribution in [2.75, 3.05) is 11.9 Å². The van der Waals surface area contributed by atoms with E-state index in [0.717, 1.165) is 28.3 Å². The van der Waals surface area contributed by atoms with Crippen molar-refractivity contribution in [1.29, 1.82) is 0 Å². The summed E-state index contributed by atoms with van der Waals surface area (Å²) in [5.74, 6) is -0.507. The van der Waals surface area contributed by atoms with Crippen LogP contribution in [0, 0.1) is 26.6 Å². The van der Waals surface area contributed by atoms with Crippen molar-refractivity contribution >= 4 is 28.9 Å². The summed E-state index contributed by atoms with van der Waals surface area (Å²) in [5, 5.41) is 6.89. The van der Waals surface area contributed by atoms with E-state index in [1.165, 1.54) is 17.7 Å². The third-order valence-electron chi connectivity index (χ3n) is 6.95. The molecule has 8 heteroatoms. The van der Waals surface area contributed by atoms with Crippen LogP contribution in [0.2, 0.25) is 0 Å². The molecule has 4 aromatic rings. The predicted molar refractivity (Wildman–Crippen MR) is 152 cm³/mol. The molecule has 2 atom stereocenters. The molecule has 1 aliphatic heterocycles. The van der Waals surface area contributed by atoms with Crippen LogP contribution >= 0.6 is 12.2 Å². The van der Waals surface area contributed by atoms with Crippen LogP contribution in [-0.2, 0) is 4.79 Å². The highest BCUT2D eigenvalue weighted by Crippen LogP contribution is 2.41. The van der Waals surface area contributed by atoms with Gasteiger partial charge in [0.1, 0.15) is 5.82 Å². The quantitative estimate of drug-likeness (QED) is 0.292. The van der Waals surface area contributed by atoms with Crippen LogP contribution in [0.25, 0.3) is 5.69 Å². The van der Waals surface area contributed by atoms with E-state index in [1.807, 2.05) is 18.2 Å². The maximum atomic E-state index is 13.2. The topological polar surface area (TPSA) is 62.2 Å². The summed E-state index contributed by atoms with van der Waals surface area (Å²) >= 11 is 5.79. The number of aryl methyl sites for hydroxylation is 2. The third kappa shape index (κ3) is 5.17. The van der Waals surface area contributed by atoms with E-state index >= 15 is 0 Å². The van der Waals surface area contributed by atoms with Gasteiger partial charge in [0, 0.05) is 41.9 Å². The zero-order valence-corrected chi connectivity index (χ0v) is 22.4. The van der Waals surface area contributed by atoms with Gasteiger partial charge in [-0.3, -0.25) is 9.78 Å². The molecule has 1 aliphatic rings. The molecule has 1 fully saturated rings. The Morgan fingerprint density at radius 1 is 1.05 bits per heavy atom. The van der Waals surface area contributed by atoms with Gasteiger partial charge in [-0.1, -0.05) is 18.2 Å². The van der Waals surface area contributed by atoms with Crippen molar-refractivity contribution in [3.63, 3.8) is 0 Å². The summed E-state index contributed by atoms with van der Waals surface area (Å²) in [5.41, 5.74) is 7.12. The van der Waals surface area contributed by atoms with Gasteiger partial charge in [0.25, 0.3) is 0 Å². The van der Waals surface area contributed by atoms with E-state index in [1.54, 1.807) is 18.3 Å². The lowest BCUT2D eigenvalue weighted by atomic mass is 9.96. The normalized spacial score (nSPS) is 16.9. The van der Waals surface area contributed by atoms with Crippen molar-refractivity contribution in [3.8, 4) is 5.69 Å². The molecule has 2 aromatic heterocycles. The van der Waals surface area contributed by atoms with Gasteiger partial charge in [0.2, 0.25) is 5.91 Å².